The molecular formula is C27H22ClIN2O5S. The number of imide groups is 1. The van der Waals surface area contributed by atoms with Crippen molar-refractivity contribution in [2.45, 2.75) is 13.8 Å². The highest BCUT2D eigenvalue weighted by Gasteiger charge is 2.36. The van der Waals surface area contributed by atoms with Crippen molar-refractivity contribution in [3.05, 3.63) is 85.3 Å². The van der Waals surface area contributed by atoms with Crippen LogP contribution in [-0.2, 0) is 9.59 Å². The average Bonchev–Trinajstić information content (AvgIpc) is 3.13. The van der Waals surface area contributed by atoms with E-state index in [0.29, 0.717) is 43.6 Å². The van der Waals surface area contributed by atoms with Crippen LogP contribution in [0.2, 0.25) is 5.02 Å². The van der Waals surface area contributed by atoms with Gasteiger partial charge in [0.15, 0.2) is 18.1 Å². The number of aryl methyl sites for hydroxylation is 1. The molecule has 1 aliphatic rings. The van der Waals surface area contributed by atoms with E-state index in [2.05, 4.69) is 27.9 Å². The zero-order valence-electron chi connectivity index (χ0n) is 19.9. The van der Waals surface area contributed by atoms with Crippen molar-refractivity contribution in [3.8, 4) is 11.5 Å². The maximum absolute atomic E-state index is 13.0. The van der Waals surface area contributed by atoms with Gasteiger partial charge in [-0.1, -0.05) is 29.3 Å². The van der Waals surface area contributed by atoms with Gasteiger partial charge in [0.2, 0.25) is 0 Å². The monoisotopic (exact) mass is 648 g/mol. The first-order valence-corrected chi connectivity index (χ1v) is 13.5. The van der Waals surface area contributed by atoms with E-state index in [9.17, 15) is 14.4 Å². The van der Waals surface area contributed by atoms with Crippen LogP contribution in [0.15, 0.2) is 65.6 Å². The van der Waals surface area contributed by atoms with Crippen LogP contribution < -0.4 is 19.7 Å². The lowest BCUT2D eigenvalue weighted by Crippen LogP contribution is -2.27. The second-order valence-electron chi connectivity index (χ2n) is 7.96. The highest BCUT2D eigenvalue weighted by molar-refractivity contribution is 14.1. The quantitative estimate of drug-likeness (QED) is 0.211. The van der Waals surface area contributed by atoms with E-state index in [4.69, 9.17) is 21.1 Å². The van der Waals surface area contributed by atoms with Crippen LogP contribution in [0.5, 0.6) is 11.5 Å². The van der Waals surface area contributed by atoms with Gasteiger partial charge in [-0.15, -0.1) is 0 Å². The molecule has 0 bridgehead atoms. The number of rotatable bonds is 8. The summed E-state index contributed by atoms with van der Waals surface area (Å²) in [6.07, 6.45) is 1.64. The smallest absolute Gasteiger partial charge is 0.298 e. The maximum atomic E-state index is 13.0. The molecule has 1 saturated heterocycles. The molecule has 7 nitrogen and oxygen atoms in total. The minimum absolute atomic E-state index is 0.205. The predicted molar refractivity (Wildman–Crippen MR) is 156 cm³/mol. The van der Waals surface area contributed by atoms with E-state index in [1.165, 1.54) is 0 Å². The number of ether oxygens (including phenoxy) is 2. The number of nitrogens with zero attached hydrogens (tertiary/aromatic N) is 1. The van der Waals surface area contributed by atoms with Crippen molar-refractivity contribution in [1.29, 1.82) is 0 Å². The Morgan fingerprint density at radius 1 is 1.08 bits per heavy atom. The molecule has 0 aromatic heterocycles. The first kappa shape index (κ1) is 27.0. The summed E-state index contributed by atoms with van der Waals surface area (Å²) in [6.45, 7) is 3.98. The highest BCUT2D eigenvalue weighted by Crippen LogP contribution is 2.39. The van der Waals surface area contributed by atoms with Gasteiger partial charge in [-0.2, -0.15) is 0 Å². The molecule has 3 amide bonds. The molecule has 0 radical (unpaired) electrons. The van der Waals surface area contributed by atoms with Gasteiger partial charge >= 0.3 is 0 Å². The Kier molecular flexibility index (Phi) is 8.78. The third-order valence-corrected chi connectivity index (χ3v) is 7.11. The lowest BCUT2D eigenvalue weighted by atomic mass is 10.1. The van der Waals surface area contributed by atoms with Crippen LogP contribution in [-0.4, -0.2) is 30.3 Å². The summed E-state index contributed by atoms with van der Waals surface area (Å²) in [6, 6.07) is 17.5. The summed E-state index contributed by atoms with van der Waals surface area (Å²) in [5.41, 5.74) is 2.89. The van der Waals surface area contributed by atoms with Crippen molar-refractivity contribution < 1.29 is 23.9 Å². The molecule has 10 heteroatoms. The van der Waals surface area contributed by atoms with Gasteiger partial charge in [0.25, 0.3) is 17.1 Å². The lowest BCUT2D eigenvalue weighted by Gasteiger charge is -2.15. The number of hydrogen-bond donors (Lipinski definition) is 1. The molecule has 1 aliphatic heterocycles. The van der Waals surface area contributed by atoms with Crippen LogP contribution in [0, 0.1) is 10.5 Å². The van der Waals surface area contributed by atoms with Crippen molar-refractivity contribution in [1.82, 2.24) is 0 Å². The molecule has 1 heterocycles. The molecule has 4 rings (SSSR count). The van der Waals surface area contributed by atoms with Gasteiger partial charge in [-0.05, 0) is 108 Å². The van der Waals surface area contributed by atoms with Gasteiger partial charge in [0, 0.05) is 10.7 Å². The molecule has 37 heavy (non-hydrogen) atoms. The summed E-state index contributed by atoms with van der Waals surface area (Å²) in [5, 5.41) is 2.92. The summed E-state index contributed by atoms with van der Waals surface area (Å²) in [5.74, 6) is 0.133. The lowest BCUT2D eigenvalue weighted by molar-refractivity contribution is -0.118. The van der Waals surface area contributed by atoms with Crippen molar-refractivity contribution >= 4 is 80.5 Å². The van der Waals surface area contributed by atoms with Crippen molar-refractivity contribution in [2.24, 2.45) is 0 Å². The van der Waals surface area contributed by atoms with Crippen LogP contribution in [0.25, 0.3) is 6.08 Å². The number of amides is 3. The van der Waals surface area contributed by atoms with E-state index >= 15 is 0 Å². The third kappa shape index (κ3) is 6.65. The van der Waals surface area contributed by atoms with Crippen LogP contribution in [0.1, 0.15) is 18.1 Å². The molecule has 1 N–H and O–H groups in total. The molecule has 3 aromatic rings. The van der Waals surface area contributed by atoms with Gasteiger partial charge in [-0.25, -0.2) is 4.90 Å². The van der Waals surface area contributed by atoms with Crippen molar-refractivity contribution in [3.63, 3.8) is 0 Å². The van der Waals surface area contributed by atoms with Crippen LogP contribution >= 0.6 is 46.0 Å². The topological polar surface area (TPSA) is 84.9 Å². The Hall–Kier alpha value is -3.02. The maximum Gasteiger partial charge on any atom is 0.298 e. The predicted octanol–water partition coefficient (Wildman–Crippen LogP) is 6.91. The number of halogens is 2. The number of thioether (sulfide) groups is 1. The Balaban J connectivity index is 1.51. The second kappa shape index (κ2) is 12.0. The summed E-state index contributed by atoms with van der Waals surface area (Å²) < 4.78 is 12.3. The molecule has 190 valence electrons. The molecule has 0 unspecified atom stereocenters. The molecule has 0 spiro atoms. The number of benzene rings is 3. The number of anilines is 2. The Labute approximate surface area is 237 Å². The van der Waals surface area contributed by atoms with Gasteiger partial charge in [0.05, 0.1) is 20.8 Å². The van der Waals surface area contributed by atoms with Crippen LogP contribution in [0.4, 0.5) is 16.2 Å². The number of carbonyl (C=O) groups is 3. The first-order valence-electron chi connectivity index (χ1n) is 11.2. The molecule has 0 saturated carbocycles. The average molecular weight is 649 g/mol. The Morgan fingerprint density at radius 3 is 2.46 bits per heavy atom. The fourth-order valence-electron chi connectivity index (χ4n) is 3.48. The van der Waals surface area contributed by atoms with Crippen LogP contribution in [0.3, 0.4) is 0 Å². The largest absolute Gasteiger partial charge is 0.490 e. The highest BCUT2D eigenvalue weighted by atomic mass is 127. The molecule has 0 aliphatic carbocycles. The normalized spacial score (nSPS) is 14.3. The Bertz CT molecular complexity index is 1380. The molecule has 3 aromatic carbocycles. The van der Waals surface area contributed by atoms with E-state index in [1.54, 1.807) is 42.5 Å². The fourth-order valence-corrected chi connectivity index (χ4v) is 5.23. The minimum Gasteiger partial charge on any atom is -0.490 e. The van der Waals surface area contributed by atoms with E-state index in [-0.39, 0.29) is 17.4 Å². The molecule has 0 atom stereocenters. The SMILES string of the molecule is CCOc1cc(/C=C2/SC(=O)N(c3ccc(Cl)cc3)C2=O)cc(I)c1OCC(=O)Nc1ccc(C)cc1. The summed E-state index contributed by atoms with van der Waals surface area (Å²) in [4.78, 5) is 39.4. The molecule has 1 fully saturated rings. The van der Waals surface area contributed by atoms with E-state index in [1.807, 2.05) is 38.1 Å². The third-order valence-electron chi connectivity index (χ3n) is 5.19. The van der Waals surface area contributed by atoms with Gasteiger partial charge in [-0.3, -0.25) is 14.4 Å². The summed E-state index contributed by atoms with van der Waals surface area (Å²) in [7, 11) is 0. The Morgan fingerprint density at radius 2 is 1.78 bits per heavy atom. The van der Waals surface area contributed by atoms with Gasteiger partial charge < -0.3 is 14.8 Å². The van der Waals surface area contributed by atoms with E-state index < -0.39 is 11.1 Å². The minimum atomic E-state index is -0.418. The second-order valence-corrected chi connectivity index (χ2v) is 10.6. The fraction of sp³-hybridized carbons (Fsp3) is 0.148. The molecular weight excluding hydrogens is 627 g/mol. The first-order chi connectivity index (χ1) is 17.7. The zero-order valence-corrected chi connectivity index (χ0v) is 23.6. The number of carbonyl (C=O) groups excluding carboxylic acids is 3. The zero-order chi connectivity index (χ0) is 26.5. The standard InChI is InChI=1S/C27H22ClIN2O5S/c1-3-35-22-13-17(14-23-26(33)31(27(34)37-23)20-10-6-18(28)7-11-20)12-21(29)25(22)36-15-24(32)30-19-8-4-16(2)5-9-19/h4-14H,3,15H2,1-2H3,(H,30,32)/b23-14+. The number of hydrogen-bond acceptors (Lipinski definition) is 6. The summed E-state index contributed by atoms with van der Waals surface area (Å²) >= 11 is 8.88. The number of nitrogens with one attached hydrogen (secondary N) is 1. The van der Waals surface area contributed by atoms with E-state index in [0.717, 1.165) is 22.2 Å². The van der Waals surface area contributed by atoms with Gasteiger partial charge in [0.1, 0.15) is 0 Å². The van der Waals surface area contributed by atoms with Crippen molar-refractivity contribution in [2.75, 3.05) is 23.4 Å².